The van der Waals surface area contributed by atoms with Crippen LogP contribution in [0.25, 0.3) is 22.3 Å². The van der Waals surface area contributed by atoms with Crippen molar-refractivity contribution in [2.24, 2.45) is 0 Å². The Balaban J connectivity index is 1.80. The molecule has 9 heteroatoms. The maximum Gasteiger partial charge on any atom is 0.412 e. The number of amides is 1. The van der Waals surface area contributed by atoms with Gasteiger partial charge in [-0.25, -0.2) is 19.6 Å². The number of rotatable bonds is 7. The van der Waals surface area contributed by atoms with Crippen molar-refractivity contribution in [2.75, 3.05) is 24.4 Å². The Kier molecular flexibility index (Phi) is 7.90. The van der Waals surface area contributed by atoms with E-state index in [0.717, 1.165) is 5.56 Å². The van der Waals surface area contributed by atoms with Crippen LogP contribution in [0.2, 0.25) is 0 Å². The Hall–Kier alpha value is -4.79. The lowest BCUT2D eigenvalue weighted by atomic mass is 10.0. The Labute approximate surface area is 227 Å². The van der Waals surface area contributed by atoms with E-state index in [1.54, 1.807) is 51.1 Å². The third-order valence-corrected chi connectivity index (χ3v) is 5.81. The van der Waals surface area contributed by atoms with E-state index >= 15 is 0 Å². The molecule has 4 aromatic rings. The number of hydrogen-bond acceptors (Lipinski definition) is 8. The molecule has 0 aliphatic heterocycles. The van der Waals surface area contributed by atoms with Crippen molar-refractivity contribution in [3.8, 4) is 11.3 Å². The highest BCUT2D eigenvalue weighted by atomic mass is 16.6. The molecule has 1 aromatic heterocycles. The minimum absolute atomic E-state index is 0.382. The highest BCUT2D eigenvalue weighted by molar-refractivity contribution is 5.97. The molecule has 0 fully saturated rings. The molecule has 0 radical (unpaired) electrons. The summed E-state index contributed by atoms with van der Waals surface area (Å²) >= 11 is 0. The molecule has 1 amide bonds. The smallest absolute Gasteiger partial charge is 0.412 e. The van der Waals surface area contributed by atoms with Gasteiger partial charge in [0.1, 0.15) is 11.3 Å². The lowest BCUT2D eigenvalue weighted by Crippen LogP contribution is -2.27. The van der Waals surface area contributed by atoms with Crippen LogP contribution in [0.15, 0.2) is 66.7 Å². The first-order chi connectivity index (χ1) is 18.6. The molecular formula is C30H31N5O4. The molecule has 39 heavy (non-hydrogen) atoms. The molecule has 9 nitrogen and oxygen atoms in total. The largest absolute Gasteiger partial charge is 0.465 e. The molecule has 1 heterocycles. The summed E-state index contributed by atoms with van der Waals surface area (Å²) in [4.78, 5) is 36.3. The molecule has 0 unspecified atom stereocenters. The van der Waals surface area contributed by atoms with E-state index in [2.05, 4.69) is 5.32 Å². The molecule has 0 spiro atoms. The van der Waals surface area contributed by atoms with Gasteiger partial charge in [-0.05, 0) is 56.7 Å². The number of anilines is 2. The fourth-order valence-electron chi connectivity index (χ4n) is 4.04. The summed E-state index contributed by atoms with van der Waals surface area (Å²) in [6.07, 6.45) is 0.564. The van der Waals surface area contributed by atoms with E-state index in [1.807, 2.05) is 48.3 Å². The summed E-state index contributed by atoms with van der Waals surface area (Å²) in [6, 6.07) is 20.3. The van der Waals surface area contributed by atoms with Gasteiger partial charge in [-0.15, -0.1) is 0 Å². The second kappa shape index (κ2) is 11.3. The van der Waals surface area contributed by atoms with E-state index in [9.17, 15) is 9.59 Å². The minimum atomic E-state index is -0.651. The number of esters is 1. The van der Waals surface area contributed by atoms with Gasteiger partial charge in [-0.1, -0.05) is 36.4 Å². The molecule has 2 N–H and O–H groups in total. The number of aromatic nitrogens is 2. The average molecular weight is 526 g/mol. The second-order valence-electron chi connectivity index (χ2n) is 10.0. The highest BCUT2D eigenvalue weighted by Crippen LogP contribution is 2.32. The number of benzene rings is 3. The van der Waals surface area contributed by atoms with Crippen LogP contribution >= 0.6 is 0 Å². The van der Waals surface area contributed by atoms with E-state index in [0.29, 0.717) is 51.5 Å². The minimum Gasteiger partial charge on any atom is -0.465 e. The summed E-state index contributed by atoms with van der Waals surface area (Å²) in [5, 5.41) is 10.7. The van der Waals surface area contributed by atoms with Gasteiger partial charge in [-0.3, -0.25) is 5.32 Å². The van der Waals surface area contributed by atoms with Gasteiger partial charge in [0.15, 0.2) is 5.82 Å². The van der Waals surface area contributed by atoms with Crippen molar-refractivity contribution in [3.63, 3.8) is 0 Å². The zero-order chi connectivity index (χ0) is 28.2. The lowest BCUT2D eigenvalue weighted by molar-refractivity contribution is 0.0598. The number of fused-ring (bicyclic) bond motifs is 1. The second-order valence-corrected chi connectivity index (χ2v) is 10.0. The molecule has 0 atom stereocenters. The number of carbonyl (C=O) groups excluding carboxylic acids is 2. The molecule has 0 saturated carbocycles. The summed E-state index contributed by atoms with van der Waals surface area (Å²) in [5.74, 6) is 0.141. The summed E-state index contributed by atoms with van der Waals surface area (Å²) in [6.45, 7) is 5.92. The molecule has 200 valence electrons. The van der Waals surface area contributed by atoms with Crippen molar-refractivity contribution in [1.82, 2.24) is 9.97 Å². The zero-order valence-corrected chi connectivity index (χ0v) is 22.6. The average Bonchev–Trinajstić information content (AvgIpc) is 2.91. The Morgan fingerprint density at radius 1 is 1.00 bits per heavy atom. The fraction of sp³-hybridized carbons (Fsp3) is 0.233. The predicted molar refractivity (Wildman–Crippen MR) is 153 cm³/mol. The molecule has 0 bridgehead atoms. The van der Waals surface area contributed by atoms with Crippen LogP contribution in [0.3, 0.4) is 0 Å². The van der Waals surface area contributed by atoms with Crippen molar-refractivity contribution >= 4 is 40.8 Å². The van der Waals surface area contributed by atoms with Crippen LogP contribution in [0.4, 0.5) is 16.3 Å². The molecule has 4 rings (SSSR count). The van der Waals surface area contributed by atoms with Crippen molar-refractivity contribution in [2.45, 2.75) is 32.9 Å². The van der Waals surface area contributed by atoms with Crippen LogP contribution in [-0.4, -0.2) is 48.0 Å². The topological polar surface area (TPSA) is 118 Å². The summed E-state index contributed by atoms with van der Waals surface area (Å²) < 4.78 is 10.2. The number of carbonyl (C=O) groups is 2. The van der Waals surface area contributed by atoms with Gasteiger partial charge < -0.3 is 19.8 Å². The van der Waals surface area contributed by atoms with Gasteiger partial charge in [0.25, 0.3) is 0 Å². The number of nitrogens with zero attached hydrogens (tertiary/aromatic N) is 3. The van der Waals surface area contributed by atoms with Gasteiger partial charge in [0.05, 0.1) is 29.4 Å². The Morgan fingerprint density at radius 2 is 1.74 bits per heavy atom. The SMILES string of the molecule is COC(=O)c1ccc2nc(-c3ccc(NC(=O)OC(C)(C)C)c(C=N)c3)c(N(C)Cc3ccccc3)nc2c1. The quantitative estimate of drug-likeness (QED) is 0.222. The standard InChI is InChI=1S/C30H31N5O4/c1-30(2,3)39-29(37)34-23-13-11-20(15-22(23)17-31)26-27(35(4)18-19-9-7-6-8-10-19)33-25-16-21(28(36)38-5)12-14-24(25)32-26/h6-17,31H,18H2,1-5H3,(H,34,37). The van der Waals surface area contributed by atoms with Crippen LogP contribution in [-0.2, 0) is 16.0 Å². The van der Waals surface area contributed by atoms with Gasteiger partial charge in [0, 0.05) is 30.9 Å². The third-order valence-electron chi connectivity index (χ3n) is 5.81. The first-order valence-corrected chi connectivity index (χ1v) is 12.4. The highest BCUT2D eigenvalue weighted by Gasteiger charge is 2.20. The van der Waals surface area contributed by atoms with E-state index < -0.39 is 17.7 Å². The van der Waals surface area contributed by atoms with Crippen molar-refractivity contribution in [3.05, 3.63) is 83.4 Å². The number of hydrogen-bond donors (Lipinski definition) is 2. The molecule has 0 aliphatic rings. The van der Waals surface area contributed by atoms with Crippen molar-refractivity contribution < 1.29 is 19.1 Å². The molecular weight excluding hydrogens is 494 g/mol. The third kappa shape index (κ3) is 6.56. The van der Waals surface area contributed by atoms with Gasteiger partial charge in [-0.2, -0.15) is 0 Å². The summed E-state index contributed by atoms with van der Waals surface area (Å²) in [5.41, 5.74) is 4.20. The predicted octanol–water partition coefficient (Wildman–Crippen LogP) is 6.06. The van der Waals surface area contributed by atoms with Crippen LogP contribution in [0.5, 0.6) is 0 Å². The van der Waals surface area contributed by atoms with Crippen molar-refractivity contribution in [1.29, 1.82) is 5.41 Å². The van der Waals surface area contributed by atoms with Crippen LogP contribution in [0.1, 0.15) is 42.3 Å². The number of methoxy groups -OCH3 is 1. The molecule has 0 aliphatic carbocycles. The Bertz CT molecular complexity index is 1530. The zero-order valence-electron chi connectivity index (χ0n) is 22.6. The van der Waals surface area contributed by atoms with Gasteiger partial charge >= 0.3 is 12.1 Å². The molecule has 0 saturated heterocycles. The van der Waals surface area contributed by atoms with Gasteiger partial charge in [0.2, 0.25) is 0 Å². The maximum atomic E-state index is 12.3. The fourth-order valence-corrected chi connectivity index (χ4v) is 4.04. The van der Waals surface area contributed by atoms with Crippen LogP contribution in [0, 0.1) is 5.41 Å². The number of ether oxygens (including phenoxy) is 2. The lowest BCUT2D eigenvalue weighted by Gasteiger charge is -2.22. The normalized spacial score (nSPS) is 11.1. The van der Waals surface area contributed by atoms with E-state index in [-0.39, 0.29) is 0 Å². The number of nitrogens with one attached hydrogen (secondary N) is 2. The monoisotopic (exact) mass is 525 g/mol. The molecule has 3 aromatic carbocycles. The first-order valence-electron chi connectivity index (χ1n) is 12.4. The maximum absolute atomic E-state index is 12.3. The summed E-state index contributed by atoms with van der Waals surface area (Å²) in [7, 11) is 3.26. The van der Waals surface area contributed by atoms with E-state index in [4.69, 9.17) is 24.9 Å². The van der Waals surface area contributed by atoms with Crippen LogP contribution < -0.4 is 10.2 Å². The first kappa shape index (κ1) is 27.3. The van der Waals surface area contributed by atoms with E-state index in [1.165, 1.54) is 13.3 Å². The Morgan fingerprint density at radius 3 is 2.41 bits per heavy atom.